The second kappa shape index (κ2) is 11.2. The van der Waals surface area contributed by atoms with Crippen LogP contribution in [0.25, 0.3) is 75.4 Å². The predicted octanol–water partition coefficient (Wildman–Crippen LogP) is 13.3. The van der Waals surface area contributed by atoms with Gasteiger partial charge in [-0.2, -0.15) is 0 Å². The van der Waals surface area contributed by atoms with Crippen LogP contribution in [0.15, 0.2) is 174 Å². The molecule has 0 N–H and O–H groups in total. The van der Waals surface area contributed by atoms with Crippen LogP contribution in [0, 0.1) is 0 Å². The highest BCUT2D eigenvalue weighted by Gasteiger charge is 2.18. The molecule has 0 amide bonds. The monoisotopic (exact) mass is 644 g/mol. The van der Waals surface area contributed by atoms with Crippen molar-refractivity contribution in [3.63, 3.8) is 0 Å². The highest BCUT2D eigenvalue weighted by Crippen LogP contribution is 2.42. The Morgan fingerprint density at radius 3 is 2.06 bits per heavy atom. The van der Waals surface area contributed by atoms with Crippen LogP contribution in [0.4, 0.5) is 17.1 Å². The number of nitrogens with zero attached hydrogens (tertiary/aromatic N) is 2. The Hall–Kier alpha value is -6.23. The van der Waals surface area contributed by atoms with Gasteiger partial charge >= 0.3 is 0 Å². The average molecular weight is 645 g/mol. The standard InChI is InChI=1S/C45H28N2OS/c1-2-12-33(13-3-1)47(34-25-22-30(23-26-34)37-17-9-19-41-43(37)38-16-6-7-18-40(38)49-41)35-14-8-11-32(28-35)45-46-39-27-24-31-21-20-29-10-4-5-15-36(29)42(31)44(39)48-45/h1-28H. The van der Waals surface area contributed by atoms with E-state index in [1.807, 2.05) is 11.3 Å². The second-order valence-corrected chi connectivity index (χ2v) is 13.4. The first-order valence-corrected chi connectivity index (χ1v) is 17.3. The van der Waals surface area contributed by atoms with Gasteiger partial charge < -0.3 is 9.32 Å². The van der Waals surface area contributed by atoms with E-state index in [1.165, 1.54) is 42.1 Å². The lowest BCUT2D eigenvalue weighted by atomic mass is 9.99. The second-order valence-electron chi connectivity index (χ2n) is 12.4. The zero-order chi connectivity index (χ0) is 32.3. The molecule has 2 aromatic heterocycles. The largest absolute Gasteiger partial charge is 0.435 e. The van der Waals surface area contributed by atoms with E-state index in [0.717, 1.165) is 44.5 Å². The molecule has 0 radical (unpaired) electrons. The smallest absolute Gasteiger partial charge is 0.227 e. The summed E-state index contributed by atoms with van der Waals surface area (Å²) >= 11 is 1.85. The van der Waals surface area contributed by atoms with E-state index >= 15 is 0 Å². The van der Waals surface area contributed by atoms with Gasteiger partial charge in [0.05, 0.1) is 0 Å². The van der Waals surface area contributed by atoms with Crippen LogP contribution in [0.1, 0.15) is 0 Å². The number of hydrogen-bond donors (Lipinski definition) is 0. The summed E-state index contributed by atoms with van der Waals surface area (Å²) in [5.74, 6) is 0.608. The molecule has 0 spiro atoms. The molecular weight excluding hydrogens is 617 g/mol. The van der Waals surface area contributed by atoms with Crippen molar-refractivity contribution in [1.29, 1.82) is 0 Å². The first kappa shape index (κ1) is 27.8. The van der Waals surface area contributed by atoms with Crippen LogP contribution in [0.5, 0.6) is 0 Å². The fourth-order valence-corrected chi connectivity index (χ4v) is 8.34. The van der Waals surface area contributed by atoms with Crippen LogP contribution in [0.3, 0.4) is 0 Å². The lowest BCUT2D eigenvalue weighted by molar-refractivity contribution is 0.623. The van der Waals surface area contributed by atoms with Crippen molar-refractivity contribution >= 4 is 81.2 Å². The molecule has 4 heteroatoms. The molecule has 0 aliphatic rings. The van der Waals surface area contributed by atoms with Crippen LogP contribution in [-0.2, 0) is 0 Å². The SMILES string of the molecule is c1ccc(N(c2ccc(-c3cccc4sc5ccccc5c34)cc2)c2cccc(-c3nc4ccc5ccc6ccccc6c5c4o3)c2)cc1. The summed E-state index contributed by atoms with van der Waals surface area (Å²) in [6.45, 7) is 0. The number of fused-ring (bicyclic) bond motifs is 8. The van der Waals surface area contributed by atoms with E-state index in [4.69, 9.17) is 9.40 Å². The first-order valence-electron chi connectivity index (χ1n) is 16.5. The van der Waals surface area contributed by atoms with Gasteiger partial charge in [-0.25, -0.2) is 4.98 Å². The molecule has 0 aliphatic heterocycles. The van der Waals surface area contributed by atoms with E-state index in [-0.39, 0.29) is 0 Å². The van der Waals surface area contributed by atoms with Gasteiger partial charge in [0.1, 0.15) is 5.52 Å². The van der Waals surface area contributed by atoms with Crippen LogP contribution >= 0.6 is 11.3 Å². The van der Waals surface area contributed by atoms with Crippen LogP contribution in [0.2, 0.25) is 0 Å². The highest BCUT2D eigenvalue weighted by molar-refractivity contribution is 7.25. The van der Waals surface area contributed by atoms with Gasteiger partial charge in [-0.15, -0.1) is 11.3 Å². The van der Waals surface area contributed by atoms with E-state index in [9.17, 15) is 0 Å². The zero-order valence-electron chi connectivity index (χ0n) is 26.4. The van der Waals surface area contributed by atoms with Crippen molar-refractivity contribution in [3.05, 3.63) is 170 Å². The summed E-state index contributed by atoms with van der Waals surface area (Å²) in [5.41, 5.74) is 8.23. The van der Waals surface area contributed by atoms with Gasteiger partial charge in [-0.3, -0.25) is 0 Å². The molecule has 0 saturated heterocycles. The number of rotatable bonds is 5. The highest BCUT2D eigenvalue weighted by atomic mass is 32.1. The molecule has 0 saturated carbocycles. The number of para-hydroxylation sites is 1. The maximum Gasteiger partial charge on any atom is 0.227 e. The predicted molar refractivity (Wildman–Crippen MR) is 207 cm³/mol. The molecule has 0 fully saturated rings. The third-order valence-corrected chi connectivity index (χ3v) is 10.6. The fraction of sp³-hybridized carbons (Fsp3) is 0. The topological polar surface area (TPSA) is 29.3 Å². The van der Waals surface area contributed by atoms with Gasteiger partial charge in [0, 0.05) is 48.2 Å². The van der Waals surface area contributed by atoms with Crippen molar-refractivity contribution in [2.75, 3.05) is 4.90 Å². The molecule has 0 bridgehead atoms. The summed E-state index contributed by atoms with van der Waals surface area (Å²) < 4.78 is 9.24. The molecule has 0 aliphatic carbocycles. The molecule has 0 atom stereocenters. The fourth-order valence-electron chi connectivity index (χ4n) is 7.20. The maximum absolute atomic E-state index is 6.62. The Kier molecular flexibility index (Phi) is 6.36. The average Bonchev–Trinajstić information content (AvgIpc) is 3.78. The first-order chi connectivity index (χ1) is 24.3. The molecule has 2 heterocycles. The number of benzene rings is 8. The van der Waals surface area contributed by atoms with E-state index in [1.54, 1.807) is 0 Å². The third kappa shape index (κ3) is 4.61. The number of oxazole rings is 1. The summed E-state index contributed by atoms with van der Waals surface area (Å²) in [6.07, 6.45) is 0. The molecule has 230 valence electrons. The van der Waals surface area contributed by atoms with Crippen molar-refractivity contribution < 1.29 is 4.42 Å². The van der Waals surface area contributed by atoms with E-state index in [2.05, 4.69) is 175 Å². The Morgan fingerprint density at radius 2 is 1.16 bits per heavy atom. The van der Waals surface area contributed by atoms with Gasteiger partial charge in [0.2, 0.25) is 5.89 Å². The molecule has 0 unspecified atom stereocenters. The van der Waals surface area contributed by atoms with Crippen molar-refractivity contribution in [2.24, 2.45) is 0 Å². The molecule has 10 rings (SSSR count). The van der Waals surface area contributed by atoms with Crippen LogP contribution < -0.4 is 4.90 Å². The minimum absolute atomic E-state index is 0.608. The third-order valence-electron chi connectivity index (χ3n) is 9.47. The minimum atomic E-state index is 0.608. The molecule has 10 aromatic rings. The Balaban J connectivity index is 1.08. The van der Waals surface area contributed by atoms with Gasteiger partial charge in [-0.05, 0) is 87.9 Å². The molecule has 49 heavy (non-hydrogen) atoms. The minimum Gasteiger partial charge on any atom is -0.435 e. The van der Waals surface area contributed by atoms with E-state index in [0.29, 0.717) is 5.89 Å². The quantitative estimate of drug-likeness (QED) is 0.175. The number of anilines is 3. The number of aromatic nitrogens is 1. The lowest BCUT2D eigenvalue weighted by Gasteiger charge is -2.26. The van der Waals surface area contributed by atoms with Gasteiger partial charge in [0.25, 0.3) is 0 Å². The summed E-state index contributed by atoms with van der Waals surface area (Å²) in [6, 6.07) is 60.2. The van der Waals surface area contributed by atoms with E-state index < -0.39 is 0 Å². The molecular formula is C45H28N2OS. The normalized spacial score (nSPS) is 11.7. The number of thiophene rings is 1. The Labute approximate surface area is 286 Å². The van der Waals surface area contributed by atoms with Crippen molar-refractivity contribution in [1.82, 2.24) is 4.98 Å². The maximum atomic E-state index is 6.62. The Bertz CT molecular complexity index is 2830. The molecule has 3 nitrogen and oxygen atoms in total. The van der Waals surface area contributed by atoms with Gasteiger partial charge in [-0.1, -0.05) is 109 Å². The van der Waals surface area contributed by atoms with Crippen LogP contribution in [-0.4, -0.2) is 4.98 Å². The van der Waals surface area contributed by atoms with Crippen molar-refractivity contribution in [3.8, 4) is 22.6 Å². The summed E-state index contributed by atoms with van der Waals surface area (Å²) in [5, 5.41) is 7.23. The zero-order valence-corrected chi connectivity index (χ0v) is 27.2. The number of hydrogen-bond acceptors (Lipinski definition) is 4. The van der Waals surface area contributed by atoms with Crippen molar-refractivity contribution in [2.45, 2.75) is 0 Å². The summed E-state index contributed by atoms with van der Waals surface area (Å²) in [7, 11) is 0. The Morgan fingerprint density at radius 1 is 0.469 bits per heavy atom. The van der Waals surface area contributed by atoms with Gasteiger partial charge in [0.15, 0.2) is 5.58 Å². The molecule has 8 aromatic carbocycles. The summed E-state index contributed by atoms with van der Waals surface area (Å²) in [4.78, 5) is 7.28. The lowest BCUT2D eigenvalue weighted by Crippen LogP contribution is -2.09.